The minimum absolute atomic E-state index is 0.503. The van der Waals surface area contributed by atoms with E-state index in [9.17, 15) is 19.2 Å². The highest BCUT2D eigenvalue weighted by molar-refractivity contribution is 6.02. The van der Waals surface area contributed by atoms with Crippen molar-refractivity contribution in [2.45, 2.75) is 46.0 Å². The fourth-order valence-electron chi connectivity index (χ4n) is 3.19. The van der Waals surface area contributed by atoms with Crippen LogP contribution in [-0.2, 0) is 33.4 Å². The van der Waals surface area contributed by atoms with Gasteiger partial charge in [0.2, 0.25) is 0 Å². The van der Waals surface area contributed by atoms with Gasteiger partial charge in [0.25, 0.3) is 0 Å². The van der Waals surface area contributed by atoms with Crippen molar-refractivity contribution in [3.05, 3.63) is 12.2 Å². The van der Waals surface area contributed by atoms with Crippen LogP contribution in [0.25, 0.3) is 0 Å². The Morgan fingerprint density at radius 3 is 2.27 bits per heavy atom. The van der Waals surface area contributed by atoms with Crippen LogP contribution >= 0.6 is 0 Å². The van der Waals surface area contributed by atoms with Crippen molar-refractivity contribution in [3.8, 4) is 0 Å². The zero-order valence-electron chi connectivity index (χ0n) is 12.8. The van der Waals surface area contributed by atoms with Crippen LogP contribution in [0.2, 0.25) is 0 Å². The first-order chi connectivity index (χ1) is 10.2. The summed E-state index contributed by atoms with van der Waals surface area (Å²) in [7, 11) is 0. The van der Waals surface area contributed by atoms with Gasteiger partial charge in [0, 0.05) is 13.8 Å². The zero-order chi connectivity index (χ0) is 16.7. The van der Waals surface area contributed by atoms with Gasteiger partial charge >= 0.3 is 17.9 Å². The SMILES string of the molecule is CC(=O)OC1C(=O)C=CC(C)C12C(=O)OC(C)C2OC(C)=O. The number of allylic oxidation sites excluding steroid dienone is 1. The molecule has 1 spiro atoms. The number of esters is 3. The van der Waals surface area contributed by atoms with Crippen LogP contribution < -0.4 is 0 Å². The van der Waals surface area contributed by atoms with E-state index in [4.69, 9.17) is 14.2 Å². The summed E-state index contributed by atoms with van der Waals surface area (Å²) in [5.74, 6) is -3.05. The molecule has 120 valence electrons. The van der Waals surface area contributed by atoms with E-state index in [0.29, 0.717) is 0 Å². The Kier molecular flexibility index (Phi) is 4.08. The minimum Gasteiger partial charge on any atom is -0.458 e. The summed E-state index contributed by atoms with van der Waals surface area (Å²) < 4.78 is 15.6. The molecular formula is C15H18O7. The van der Waals surface area contributed by atoms with Crippen molar-refractivity contribution in [1.29, 1.82) is 0 Å². The first kappa shape index (κ1) is 16.2. The summed E-state index contributed by atoms with van der Waals surface area (Å²) in [5.41, 5.74) is -1.55. The van der Waals surface area contributed by atoms with Gasteiger partial charge in [-0.05, 0) is 18.9 Å². The smallest absolute Gasteiger partial charge is 0.321 e. The molecule has 2 rings (SSSR count). The zero-order valence-corrected chi connectivity index (χ0v) is 12.8. The van der Waals surface area contributed by atoms with Crippen molar-refractivity contribution in [3.63, 3.8) is 0 Å². The van der Waals surface area contributed by atoms with E-state index in [1.54, 1.807) is 13.8 Å². The van der Waals surface area contributed by atoms with Crippen molar-refractivity contribution in [2.24, 2.45) is 11.3 Å². The fourth-order valence-corrected chi connectivity index (χ4v) is 3.19. The summed E-state index contributed by atoms with van der Waals surface area (Å²) in [6.45, 7) is 5.61. The highest BCUT2D eigenvalue weighted by Gasteiger charge is 2.68. The lowest BCUT2D eigenvalue weighted by Gasteiger charge is -2.41. The number of rotatable bonds is 2. The Bertz CT molecular complexity index is 564. The highest BCUT2D eigenvalue weighted by atomic mass is 16.6. The molecule has 1 saturated heterocycles. The lowest BCUT2D eigenvalue weighted by atomic mass is 9.64. The number of carbonyl (C=O) groups excluding carboxylic acids is 4. The minimum atomic E-state index is -1.55. The van der Waals surface area contributed by atoms with Crippen molar-refractivity contribution < 1.29 is 33.4 Å². The molecule has 7 heteroatoms. The molecule has 1 aliphatic heterocycles. The van der Waals surface area contributed by atoms with E-state index in [2.05, 4.69) is 0 Å². The summed E-state index contributed by atoms with van der Waals surface area (Å²) in [4.78, 5) is 47.5. The van der Waals surface area contributed by atoms with E-state index in [0.717, 1.165) is 6.92 Å². The van der Waals surface area contributed by atoms with Crippen LogP contribution in [0, 0.1) is 11.3 Å². The number of ketones is 1. The molecule has 0 aromatic rings. The molecule has 0 aromatic heterocycles. The summed E-state index contributed by atoms with van der Waals surface area (Å²) >= 11 is 0. The molecule has 0 bridgehead atoms. The van der Waals surface area contributed by atoms with Gasteiger partial charge in [-0.3, -0.25) is 19.2 Å². The van der Waals surface area contributed by atoms with E-state index < -0.39 is 53.3 Å². The second-order valence-electron chi connectivity index (χ2n) is 5.61. The van der Waals surface area contributed by atoms with Gasteiger partial charge in [0.1, 0.15) is 6.10 Å². The van der Waals surface area contributed by atoms with Crippen LogP contribution in [0.3, 0.4) is 0 Å². The molecule has 0 N–H and O–H groups in total. The topological polar surface area (TPSA) is 96.0 Å². The lowest BCUT2D eigenvalue weighted by molar-refractivity contribution is -0.181. The number of carbonyl (C=O) groups is 4. The predicted octanol–water partition coefficient (Wildman–Crippen LogP) is 0.556. The second-order valence-corrected chi connectivity index (χ2v) is 5.61. The number of hydrogen-bond acceptors (Lipinski definition) is 7. The molecule has 5 unspecified atom stereocenters. The molecule has 1 aliphatic carbocycles. The molecule has 2 aliphatic rings. The number of cyclic esters (lactones) is 1. The molecule has 1 heterocycles. The third-order valence-electron chi connectivity index (χ3n) is 4.12. The summed E-state index contributed by atoms with van der Waals surface area (Å²) in [6, 6.07) is 0. The van der Waals surface area contributed by atoms with Gasteiger partial charge in [0.15, 0.2) is 23.4 Å². The van der Waals surface area contributed by atoms with Crippen molar-refractivity contribution in [1.82, 2.24) is 0 Å². The average molecular weight is 310 g/mol. The maximum Gasteiger partial charge on any atom is 0.321 e. The maximum absolute atomic E-state index is 12.5. The Morgan fingerprint density at radius 1 is 1.14 bits per heavy atom. The molecule has 0 saturated carbocycles. The van der Waals surface area contributed by atoms with E-state index in [1.807, 2.05) is 0 Å². The molecular weight excluding hydrogens is 292 g/mol. The van der Waals surface area contributed by atoms with Crippen molar-refractivity contribution >= 4 is 23.7 Å². The number of hydrogen-bond donors (Lipinski definition) is 0. The van der Waals surface area contributed by atoms with Crippen LogP contribution in [0.4, 0.5) is 0 Å². The van der Waals surface area contributed by atoms with Crippen molar-refractivity contribution in [2.75, 3.05) is 0 Å². The summed E-state index contributed by atoms with van der Waals surface area (Å²) in [6.07, 6.45) is -0.309. The molecule has 5 atom stereocenters. The standard InChI is InChI=1S/C15H18O7/c1-7-5-6-11(18)13(22-10(4)17)15(7)12(21-9(3)16)8(2)20-14(15)19/h5-8,12-13H,1-4H3. The van der Waals surface area contributed by atoms with Crippen LogP contribution in [0.1, 0.15) is 27.7 Å². The lowest BCUT2D eigenvalue weighted by Crippen LogP contribution is -2.59. The monoisotopic (exact) mass is 310 g/mol. The average Bonchev–Trinajstić information content (AvgIpc) is 2.63. The quantitative estimate of drug-likeness (QED) is 0.543. The third-order valence-corrected chi connectivity index (χ3v) is 4.12. The maximum atomic E-state index is 12.5. The number of ether oxygens (including phenoxy) is 3. The van der Waals surface area contributed by atoms with E-state index in [1.165, 1.54) is 19.1 Å². The Hall–Kier alpha value is -2.18. The largest absolute Gasteiger partial charge is 0.458 e. The first-order valence-electron chi connectivity index (χ1n) is 6.98. The Labute approximate surface area is 127 Å². The van der Waals surface area contributed by atoms with E-state index in [-0.39, 0.29) is 0 Å². The summed E-state index contributed by atoms with van der Waals surface area (Å²) in [5, 5.41) is 0. The molecule has 1 fully saturated rings. The van der Waals surface area contributed by atoms with Gasteiger partial charge < -0.3 is 14.2 Å². The van der Waals surface area contributed by atoms with Crippen LogP contribution in [0.5, 0.6) is 0 Å². The van der Waals surface area contributed by atoms with Gasteiger partial charge in [-0.1, -0.05) is 13.0 Å². The highest BCUT2D eigenvalue weighted by Crippen LogP contribution is 2.49. The van der Waals surface area contributed by atoms with Gasteiger partial charge in [-0.25, -0.2) is 0 Å². The predicted molar refractivity (Wildman–Crippen MR) is 72.4 cm³/mol. The normalized spacial score (nSPS) is 37.1. The van der Waals surface area contributed by atoms with Gasteiger partial charge in [-0.2, -0.15) is 0 Å². The Morgan fingerprint density at radius 2 is 1.73 bits per heavy atom. The molecule has 0 radical (unpaired) electrons. The van der Waals surface area contributed by atoms with Crippen LogP contribution in [-0.4, -0.2) is 42.0 Å². The first-order valence-corrected chi connectivity index (χ1v) is 6.98. The van der Waals surface area contributed by atoms with Gasteiger partial charge in [0.05, 0.1) is 0 Å². The van der Waals surface area contributed by atoms with E-state index >= 15 is 0 Å². The molecule has 22 heavy (non-hydrogen) atoms. The fraction of sp³-hybridized carbons (Fsp3) is 0.600. The molecule has 7 nitrogen and oxygen atoms in total. The third kappa shape index (κ3) is 2.30. The van der Waals surface area contributed by atoms with Gasteiger partial charge in [-0.15, -0.1) is 0 Å². The second kappa shape index (κ2) is 5.55. The van der Waals surface area contributed by atoms with Crippen LogP contribution in [0.15, 0.2) is 12.2 Å². The molecule has 0 aromatic carbocycles. The Balaban J connectivity index is 2.58. The molecule has 0 amide bonds.